The number of rotatable bonds is 3. The van der Waals surface area contributed by atoms with E-state index in [9.17, 15) is 24.5 Å². The van der Waals surface area contributed by atoms with Crippen molar-refractivity contribution in [1.29, 1.82) is 0 Å². The molecule has 0 amide bonds. The maximum atomic E-state index is 14.3. The predicted octanol–water partition coefficient (Wildman–Crippen LogP) is -0.581. The molecule has 1 aliphatic rings. The zero-order chi connectivity index (χ0) is 18.3. The summed E-state index contributed by atoms with van der Waals surface area (Å²) in [6.45, 7) is 0.936. The summed E-state index contributed by atoms with van der Waals surface area (Å²) in [7, 11) is 0. The Morgan fingerprint density at radius 2 is 1.88 bits per heavy atom. The second-order valence-electron chi connectivity index (χ2n) is 5.84. The summed E-state index contributed by atoms with van der Waals surface area (Å²) in [6.07, 6.45) is -7.42. The first kappa shape index (κ1) is 17.8. The maximum absolute atomic E-state index is 14.3. The van der Waals surface area contributed by atoms with Crippen LogP contribution in [0.1, 0.15) is 5.56 Å². The van der Waals surface area contributed by atoms with Gasteiger partial charge < -0.3 is 34.3 Å². The molecular formula is C16H17FO8. The van der Waals surface area contributed by atoms with Crippen molar-refractivity contribution >= 4 is 11.0 Å². The van der Waals surface area contributed by atoms with Crippen LogP contribution in [0.15, 0.2) is 27.4 Å². The molecule has 0 spiro atoms. The van der Waals surface area contributed by atoms with Crippen LogP contribution in [0, 0.1) is 12.7 Å². The molecule has 1 aliphatic heterocycles. The topological polar surface area (TPSA) is 130 Å². The van der Waals surface area contributed by atoms with E-state index >= 15 is 0 Å². The Labute approximate surface area is 140 Å². The van der Waals surface area contributed by atoms with Gasteiger partial charge in [0.15, 0.2) is 0 Å². The van der Waals surface area contributed by atoms with Crippen molar-refractivity contribution in [2.24, 2.45) is 0 Å². The Morgan fingerprint density at radius 1 is 1.16 bits per heavy atom. The third-order valence-electron chi connectivity index (χ3n) is 4.07. The van der Waals surface area contributed by atoms with Gasteiger partial charge in [0, 0.05) is 18.2 Å². The van der Waals surface area contributed by atoms with Crippen LogP contribution in [0.4, 0.5) is 4.39 Å². The molecule has 2 heterocycles. The third-order valence-corrected chi connectivity index (χ3v) is 4.07. The Hall–Kier alpha value is -2.04. The summed E-state index contributed by atoms with van der Waals surface area (Å²) in [5.74, 6) is -0.832. The number of ether oxygens (including phenoxy) is 2. The Balaban J connectivity index is 1.93. The summed E-state index contributed by atoms with van der Waals surface area (Å²) in [4.78, 5) is 11.4. The molecule has 1 saturated heterocycles. The van der Waals surface area contributed by atoms with Gasteiger partial charge in [0.2, 0.25) is 6.29 Å². The van der Waals surface area contributed by atoms with E-state index in [1.807, 2.05) is 0 Å². The van der Waals surface area contributed by atoms with E-state index in [-0.39, 0.29) is 16.7 Å². The average molecular weight is 356 g/mol. The van der Waals surface area contributed by atoms with Crippen molar-refractivity contribution < 1.29 is 38.7 Å². The highest BCUT2D eigenvalue weighted by molar-refractivity contribution is 5.82. The minimum absolute atomic E-state index is 0.0513. The van der Waals surface area contributed by atoms with Crippen molar-refractivity contribution in [2.45, 2.75) is 37.6 Å². The highest BCUT2D eigenvalue weighted by Crippen LogP contribution is 2.29. The van der Waals surface area contributed by atoms with E-state index in [4.69, 9.17) is 19.0 Å². The van der Waals surface area contributed by atoms with Crippen molar-refractivity contribution in [3.05, 3.63) is 40.0 Å². The summed E-state index contributed by atoms with van der Waals surface area (Å²) >= 11 is 0. The smallest absolute Gasteiger partial charge is 0.336 e. The second-order valence-corrected chi connectivity index (χ2v) is 5.84. The van der Waals surface area contributed by atoms with Gasteiger partial charge in [-0.2, -0.15) is 0 Å². The van der Waals surface area contributed by atoms with Crippen LogP contribution in [-0.4, -0.2) is 57.7 Å². The molecule has 1 aromatic carbocycles. The SMILES string of the molecule is Cc1cc(=O)oc2cc(O[C@H]3O[C@H](CO)[C@@H](O)[C@H](O)[C@H]3O)cc(F)c12. The molecule has 0 saturated carbocycles. The molecule has 0 aliphatic carbocycles. The van der Waals surface area contributed by atoms with Gasteiger partial charge in [0.25, 0.3) is 0 Å². The summed E-state index contributed by atoms with van der Waals surface area (Å²) in [5.41, 5.74) is -0.317. The van der Waals surface area contributed by atoms with E-state index in [1.165, 1.54) is 6.07 Å². The monoisotopic (exact) mass is 356 g/mol. The largest absolute Gasteiger partial charge is 0.462 e. The van der Waals surface area contributed by atoms with Crippen LogP contribution in [-0.2, 0) is 4.74 Å². The molecule has 0 unspecified atom stereocenters. The zero-order valence-electron chi connectivity index (χ0n) is 13.1. The molecule has 0 radical (unpaired) electrons. The Morgan fingerprint density at radius 3 is 2.56 bits per heavy atom. The van der Waals surface area contributed by atoms with E-state index < -0.39 is 48.8 Å². The molecule has 2 aromatic rings. The second kappa shape index (κ2) is 6.70. The molecule has 25 heavy (non-hydrogen) atoms. The molecule has 5 atom stereocenters. The minimum Gasteiger partial charge on any atom is -0.462 e. The van der Waals surface area contributed by atoms with E-state index in [0.29, 0.717) is 5.56 Å². The highest BCUT2D eigenvalue weighted by Gasteiger charge is 2.44. The number of aliphatic hydroxyl groups is 4. The fraction of sp³-hybridized carbons (Fsp3) is 0.438. The number of hydrogen-bond donors (Lipinski definition) is 4. The molecule has 3 rings (SSSR count). The minimum atomic E-state index is -1.64. The standard InChI is InChI=1S/C16H17FO8/c1-6-2-11(19)24-9-4-7(3-8(17)12(6)9)23-16-15(22)14(21)13(20)10(5-18)25-16/h2-4,10,13-16,18,20-22H,5H2,1H3/t10-,13-,14+,15-,16+/m1/s1. The average Bonchev–Trinajstić information content (AvgIpc) is 2.54. The first-order valence-electron chi connectivity index (χ1n) is 7.53. The van der Waals surface area contributed by atoms with Crippen LogP contribution in [0.2, 0.25) is 0 Å². The van der Waals surface area contributed by atoms with Crippen molar-refractivity contribution in [3.63, 3.8) is 0 Å². The van der Waals surface area contributed by atoms with Gasteiger partial charge in [-0.1, -0.05) is 0 Å². The van der Waals surface area contributed by atoms with Gasteiger partial charge in [0.05, 0.1) is 12.0 Å². The number of benzene rings is 1. The number of hydrogen-bond acceptors (Lipinski definition) is 8. The molecule has 136 valence electrons. The number of aryl methyl sites for hydroxylation is 1. The molecular weight excluding hydrogens is 339 g/mol. The lowest BCUT2D eigenvalue weighted by molar-refractivity contribution is -0.277. The quantitative estimate of drug-likeness (QED) is 0.538. The van der Waals surface area contributed by atoms with E-state index in [2.05, 4.69) is 0 Å². The summed E-state index contributed by atoms with van der Waals surface area (Å²) < 4.78 is 29.8. The molecule has 9 heteroatoms. The van der Waals surface area contributed by atoms with Crippen LogP contribution < -0.4 is 10.4 Å². The zero-order valence-corrected chi connectivity index (χ0v) is 13.1. The summed E-state index contributed by atoms with van der Waals surface area (Å²) in [6, 6.07) is 3.41. The van der Waals surface area contributed by atoms with Crippen molar-refractivity contribution in [2.75, 3.05) is 6.61 Å². The van der Waals surface area contributed by atoms with Crippen molar-refractivity contribution in [3.8, 4) is 5.75 Å². The van der Waals surface area contributed by atoms with Gasteiger partial charge in [0.1, 0.15) is 41.6 Å². The number of halogens is 1. The lowest BCUT2D eigenvalue weighted by Crippen LogP contribution is -2.60. The normalized spacial score (nSPS) is 29.8. The molecule has 4 N–H and O–H groups in total. The number of aliphatic hydroxyl groups excluding tert-OH is 4. The highest BCUT2D eigenvalue weighted by atomic mass is 19.1. The van der Waals surface area contributed by atoms with E-state index in [1.54, 1.807) is 6.92 Å². The Kier molecular flexibility index (Phi) is 4.76. The van der Waals surface area contributed by atoms with Gasteiger partial charge in [-0.15, -0.1) is 0 Å². The van der Waals surface area contributed by atoms with Gasteiger partial charge in [-0.05, 0) is 12.5 Å². The molecule has 1 fully saturated rings. The molecule has 8 nitrogen and oxygen atoms in total. The van der Waals surface area contributed by atoms with Crippen LogP contribution in [0.5, 0.6) is 5.75 Å². The van der Waals surface area contributed by atoms with Crippen LogP contribution >= 0.6 is 0 Å². The van der Waals surface area contributed by atoms with Crippen molar-refractivity contribution in [1.82, 2.24) is 0 Å². The lowest BCUT2D eigenvalue weighted by Gasteiger charge is -2.39. The van der Waals surface area contributed by atoms with Crippen LogP contribution in [0.25, 0.3) is 11.0 Å². The first-order valence-corrected chi connectivity index (χ1v) is 7.53. The van der Waals surface area contributed by atoms with Crippen LogP contribution in [0.3, 0.4) is 0 Å². The van der Waals surface area contributed by atoms with Gasteiger partial charge >= 0.3 is 5.63 Å². The molecule has 1 aromatic heterocycles. The van der Waals surface area contributed by atoms with E-state index in [0.717, 1.165) is 12.1 Å². The molecule has 0 bridgehead atoms. The Bertz CT molecular complexity index is 833. The van der Waals surface area contributed by atoms with Gasteiger partial charge in [-0.3, -0.25) is 0 Å². The fourth-order valence-corrected chi connectivity index (χ4v) is 2.77. The fourth-order valence-electron chi connectivity index (χ4n) is 2.77. The maximum Gasteiger partial charge on any atom is 0.336 e. The number of fused-ring (bicyclic) bond motifs is 1. The lowest BCUT2D eigenvalue weighted by atomic mass is 9.99. The first-order chi connectivity index (χ1) is 11.8. The third kappa shape index (κ3) is 3.24. The predicted molar refractivity (Wildman–Crippen MR) is 81.6 cm³/mol. The summed E-state index contributed by atoms with van der Waals surface area (Å²) in [5, 5.41) is 38.7. The van der Waals surface area contributed by atoms with Gasteiger partial charge in [-0.25, -0.2) is 9.18 Å².